The molecule has 0 aliphatic carbocycles. The molecule has 3 heteroatoms. The molecule has 66 valence electrons. The highest BCUT2D eigenvalue weighted by molar-refractivity contribution is 5.79. The molecule has 1 rings (SSSR count). The molecule has 0 unspecified atom stereocenters. The van der Waals surface area contributed by atoms with Gasteiger partial charge in [0.2, 0.25) is 5.91 Å². The lowest BCUT2D eigenvalue weighted by molar-refractivity contribution is -0.124. The van der Waals surface area contributed by atoms with Crippen molar-refractivity contribution in [3.8, 4) is 0 Å². The van der Waals surface area contributed by atoms with E-state index < -0.39 is 0 Å². The molecule has 0 aromatic heterocycles. The largest absolute Gasteiger partial charge is 0.351 e. The van der Waals surface area contributed by atoms with Crippen LogP contribution in [0.2, 0.25) is 0 Å². The van der Waals surface area contributed by atoms with Gasteiger partial charge in [-0.05, 0) is 14.0 Å². The molecular weight excluding hydrogens is 140 g/mol. The maximum absolute atomic E-state index is 10.7. The van der Waals surface area contributed by atoms with Crippen molar-refractivity contribution >= 4 is 5.91 Å². The Kier molecular flexibility index (Phi) is 4.86. The molecule has 0 aromatic carbocycles. The van der Waals surface area contributed by atoms with Crippen molar-refractivity contribution in [1.29, 1.82) is 0 Å². The number of likely N-dealkylation sites (N-methyl/N-ethyl adjacent to an activating group) is 1. The zero-order chi connectivity index (χ0) is 8.85. The van der Waals surface area contributed by atoms with Crippen LogP contribution in [0.3, 0.4) is 0 Å². The molecule has 0 spiro atoms. The lowest BCUT2D eigenvalue weighted by Gasteiger charge is -2.27. The summed E-state index contributed by atoms with van der Waals surface area (Å²) >= 11 is 0. The highest BCUT2D eigenvalue weighted by atomic mass is 16.2. The molecule has 0 radical (unpaired) electrons. The molecule has 1 heterocycles. The van der Waals surface area contributed by atoms with Gasteiger partial charge in [0.15, 0.2) is 0 Å². The first kappa shape index (κ1) is 10.4. The number of piperazine rings is 1. The van der Waals surface area contributed by atoms with Crippen LogP contribution < -0.4 is 5.32 Å². The third kappa shape index (κ3) is 3.98. The Balaban J connectivity index is 0.000000461. The normalized spacial score (nSPS) is 25.1. The zero-order valence-corrected chi connectivity index (χ0v) is 7.85. The summed E-state index contributed by atoms with van der Waals surface area (Å²) in [6.07, 6.45) is 0. The Bertz CT molecular complexity index is 113. The van der Waals surface area contributed by atoms with Gasteiger partial charge in [-0.25, -0.2) is 0 Å². The van der Waals surface area contributed by atoms with E-state index in [9.17, 15) is 4.79 Å². The monoisotopic (exact) mass is 158 g/mol. The van der Waals surface area contributed by atoms with Gasteiger partial charge in [-0.2, -0.15) is 0 Å². The fourth-order valence-corrected chi connectivity index (χ4v) is 1.14. The van der Waals surface area contributed by atoms with Gasteiger partial charge >= 0.3 is 0 Å². The number of nitrogens with one attached hydrogen (secondary N) is 1. The lowest BCUT2D eigenvalue weighted by Crippen LogP contribution is -2.51. The fourth-order valence-electron chi connectivity index (χ4n) is 1.14. The van der Waals surface area contributed by atoms with Gasteiger partial charge in [0.1, 0.15) is 0 Å². The Morgan fingerprint density at radius 1 is 1.55 bits per heavy atom. The maximum Gasteiger partial charge on any atom is 0.234 e. The Labute approximate surface area is 68.8 Å². The van der Waals surface area contributed by atoms with Crippen molar-refractivity contribution in [3.63, 3.8) is 0 Å². The summed E-state index contributed by atoms with van der Waals surface area (Å²) in [6, 6.07) is 0.316. The SMILES string of the molecule is CC.C[C@H]1CN(C)CC(=O)N1. The van der Waals surface area contributed by atoms with E-state index in [4.69, 9.17) is 0 Å². The topological polar surface area (TPSA) is 32.3 Å². The first-order valence-electron chi connectivity index (χ1n) is 4.16. The van der Waals surface area contributed by atoms with Gasteiger partial charge in [0.05, 0.1) is 6.54 Å². The van der Waals surface area contributed by atoms with Gasteiger partial charge in [0, 0.05) is 12.6 Å². The maximum atomic E-state index is 10.7. The van der Waals surface area contributed by atoms with E-state index in [0.29, 0.717) is 12.6 Å². The number of carbonyl (C=O) groups is 1. The molecule has 0 aromatic rings. The Hall–Kier alpha value is -0.570. The van der Waals surface area contributed by atoms with Gasteiger partial charge in [-0.3, -0.25) is 9.69 Å². The van der Waals surface area contributed by atoms with Crippen molar-refractivity contribution in [2.24, 2.45) is 0 Å². The van der Waals surface area contributed by atoms with Gasteiger partial charge < -0.3 is 5.32 Å². The average molecular weight is 158 g/mol. The van der Waals surface area contributed by atoms with Crippen LogP contribution in [-0.4, -0.2) is 37.0 Å². The summed E-state index contributed by atoms with van der Waals surface area (Å²) in [5.74, 6) is 0.135. The summed E-state index contributed by atoms with van der Waals surface area (Å²) in [5.41, 5.74) is 0. The molecule has 1 amide bonds. The minimum atomic E-state index is 0.135. The second-order valence-corrected chi connectivity index (χ2v) is 2.67. The van der Waals surface area contributed by atoms with Crippen molar-refractivity contribution in [3.05, 3.63) is 0 Å². The number of nitrogens with zero attached hydrogens (tertiary/aromatic N) is 1. The van der Waals surface area contributed by atoms with E-state index in [1.165, 1.54) is 0 Å². The van der Waals surface area contributed by atoms with Gasteiger partial charge in [-0.1, -0.05) is 13.8 Å². The molecule has 3 nitrogen and oxygen atoms in total. The zero-order valence-electron chi connectivity index (χ0n) is 7.85. The van der Waals surface area contributed by atoms with Crippen LogP contribution >= 0.6 is 0 Å². The molecule has 1 aliphatic rings. The second kappa shape index (κ2) is 5.13. The first-order chi connectivity index (χ1) is 5.18. The van der Waals surface area contributed by atoms with Crippen molar-refractivity contribution in [2.75, 3.05) is 20.1 Å². The van der Waals surface area contributed by atoms with Crippen LogP contribution in [0.25, 0.3) is 0 Å². The number of rotatable bonds is 0. The Morgan fingerprint density at radius 2 is 2.09 bits per heavy atom. The van der Waals surface area contributed by atoms with Crippen molar-refractivity contribution in [1.82, 2.24) is 10.2 Å². The van der Waals surface area contributed by atoms with Crippen LogP contribution in [0.15, 0.2) is 0 Å². The molecule has 1 fully saturated rings. The molecule has 1 aliphatic heterocycles. The summed E-state index contributed by atoms with van der Waals surface area (Å²) in [5, 5.41) is 2.83. The number of hydrogen-bond donors (Lipinski definition) is 1. The van der Waals surface area contributed by atoms with Crippen LogP contribution in [0.5, 0.6) is 0 Å². The van der Waals surface area contributed by atoms with E-state index in [2.05, 4.69) is 5.32 Å². The minimum absolute atomic E-state index is 0.135. The van der Waals surface area contributed by atoms with E-state index >= 15 is 0 Å². The number of amides is 1. The second-order valence-electron chi connectivity index (χ2n) is 2.67. The minimum Gasteiger partial charge on any atom is -0.351 e. The lowest BCUT2D eigenvalue weighted by atomic mass is 10.2. The highest BCUT2D eigenvalue weighted by Gasteiger charge is 2.17. The van der Waals surface area contributed by atoms with E-state index in [1.807, 2.05) is 32.7 Å². The Morgan fingerprint density at radius 3 is 2.45 bits per heavy atom. The van der Waals surface area contributed by atoms with E-state index in [1.54, 1.807) is 0 Å². The molecular formula is C8H18N2O. The van der Waals surface area contributed by atoms with E-state index in [0.717, 1.165) is 6.54 Å². The van der Waals surface area contributed by atoms with Crippen molar-refractivity contribution < 1.29 is 4.79 Å². The molecule has 0 saturated carbocycles. The smallest absolute Gasteiger partial charge is 0.234 e. The van der Waals surface area contributed by atoms with Crippen LogP contribution in [0, 0.1) is 0 Å². The quantitative estimate of drug-likeness (QED) is 0.555. The third-order valence-electron chi connectivity index (χ3n) is 1.41. The van der Waals surface area contributed by atoms with E-state index in [-0.39, 0.29) is 5.91 Å². The van der Waals surface area contributed by atoms with Crippen molar-refractivity contribution in [2.45, 2.75) is 26.8 Å². The summed E-state index contributed by atoms with van der Waals surface area (Å²) in [7, 11) is 1.95. The van der Waals surface area contributed by atoms with Crippen LogP contribution in [0.4, 0.5) is 0 Å². The number of carbonyl (C=O) groups excluding carboxylic acids is 1. The molecule has 11 heavy (non-hydrogen) atoms. The van der Waals surface area contributed by atoms with Gasteiger partial charge in [-0.15, -0.1) is 0 Å². The predicted octanol–water partition coefficient (Wildman–Crippen LogP) is 0.463. The molecule has 1 saturated heterocycles. The highest BCUT2D eigenvalue weighted by Crippen LogP contribution is 1.94. The summed E-state index contributed by atoms with van der Waals surface area (Å²) in [6.45, 7) is 7.52. The van der Waals surface area contributed by atoms with Gasteiger partial charge in [0.25, 0.3) is 0 Å². The summed E-state index contributed by atoms with van der Waals surface area (Å²) < 4.78 is 0. The fraction of sp³-hybridized carbons (Fsp3) is 0.875. The third-order valence-corrected chi connectivity index (χ3v) is 1.41. The average Bonchev–Trinajstić information content (AvgIpc) is 1.88. The molecule has 1 atom stereocenters. The predicted molar refractivity (Wildman–Crippen MR) is 46.4 cm³/mol. The standard InChI is InChI=1S/C6H12N2O.C2H6/c1-5-3-8(2)4-6(9)7-5;1-2/h5H,3-4H2,1-2H3,(H,7,9);1-2H3/t5-;/m0./s1. The first-order valence-corrected chi connectivity index (χ1v) is 4.16. The number of hydrogen-bond acceptors (Lipinski definition) is 2. The molecule has 1 N–H and O–H groups in total. The van der Waals surface area contributed by atoms with Crippen LogP contribution in [-0.2, 0) is 4.79 Å². The summed E-state index contributed by atoms with van der Waals surface area (Å²) in [4.78, 5) is 12.7. The van der Waals surface area contributed by atoms with Crippen LogP contribution in [0.1, 0.15) is 20.8 Å². The molecule has 0 bridgehead atoms.